The van der Waals surface area contributed by atoms with Crippen molar-refractivity contribution in [3.8, 4) is 11.1 Å². The summed E-state index contributed by atoms with van der Waals surface area (Å²) in [7, 11) is 0. The molecule has 116 valence electrons. The van der Waals surface area contributed by atoms with Gasteiger partial charge in [-0.15, -0.1) is 0 Å². The van der Waals surface area contributed by atoms with E-state index < -0.39 is 0 Å². The molecule has 2 aliphatic carbocycles. The van der Waals surface area contributed by atoms with Gasteiger partial charge in [-0.05, 0) is 40.7 Å². The molecule has 0 aromatic heterocycles. The fraction of sp³-hybridized carbons (Fsp3) is 0.304. The maximum absolute atomic E-state index is 2.41. The van der Waals surface area contributed by atoms with Crippen LogP contribution in [-0.2, 0) is 11.8 Å². The lowest BCUT2D eigenvalue weighted by Crippen LogP contribution is -2.38. The van der Waals surface area contributed by atoms with Crippen LogP contribution in [0.5, 0.6) is 0 Å². The molecule has 0 saturated heterocycles. The minimum absolute atomic E-state index is 0.0820. The Hall–Kier alpha value is -2.08. The summed E-state index contributed by atoms with van der Waals surface area (Å²) >= 11 is 0. The average Bonchev–Trinajstić information content (AvgIpc) is 3.20. The van der Waals surface area contributed by atoms with Crippen molar-refractivity contribution in [2.75, 3.05) is 0 Å². The minimum atomic E-state index is 0.0820. The quantitative estimate of drug-likeness (QED) is 0.551. The van der Waals surface area contributed by atoms with Crippen LogP contribution < -0.4 is 0 Å². The van der Waals surface area contributed by atoms with Crippen LogP contribution in [-0.4, -0.2) is 0 Å². The predicted octanol–water partition coefficient (Wildman–Crippen LogP) is 6.06. The standard InChI is InChI=1S/C23H24/c1-4-23(14-7-8-15-23)22(2,3)21-13-9-12-19-18-11-6-5-10-17(18)16-20(19)21/h5-15H,4,16H2,1-3H3. The molecule has 2 aromatic rings. The Labute approximate surface area is 139 Å². The van der Waals surface area contributed by atoms with Gasteiger partial charge >= 0.3 is 0 Å². The summed E-state index contributed by atoms with van der Waals surface area (Å²) in [6, 6.07) is 15.7. The van der Waals surface area contributed by atoms with Gasteiger partial charge in [-0.25, -0.2) is 0 Å². The van der Waals surface area contributed by atoms with Gasteiger partial charge in [0.25, 0.3) is 0 Å². The van der Waals surface area contributed by atoms with Crippen LogP contribution in [0.3, 0.4) is 0 Å². The lowest BCUT2D eigenvalue weighted by atomic mass is 9.60. The average molecular weight is 300 g/mol. The summed E-state index contributed by atoms with van der Waals surface area (Å²) in [6.45, 7) is 7.13. The van der Waals surface area contributed by atoms with E-state index in [2.05, 4.69) is 87.5 Å². The van der Waals surface area contributed by atoms with Crippen molar-refractivity contribution >= 4 is 0 Å². The first kappa shape index (κ1) is 14.5. The molecule has 0 fully saturated rings. The fourth-order valence-corrected chi connectivity index (χ4v) is 4.60. The summed E-state index contributed by atoms with van der Waals surface area (Å²) in [5.41, 5.74) is 7.56. The van der Waals surface area contributed by atoms with E-state index in [4.69, 9.17) is 0 Å². The first-order valence-electron chi connectivity index (χ1n) is 8.67. The van der Waals surface area contributed by atoms with E-state index in [9.17, 15) is 0 Å². The van der Waals surface area contributed by atoms with Crippen LogP contribution in [0, 0.1) is 5.41 Å². The van der Waals surface area contributed by atoms with Crippen LogP contribution in [0.2, 0.25) is 0 Å². The summed E-state index contributed by atoms with van der Waals surface area (Å²) in [6.07, 6.45) is 11.4. The third kappa shape index (κ3) is 1.91. The molecule has 0 atom stereocenters. The van der Waals surface area contributed by atoms with E-state index in [0.29, 0.717) is 0 Å². The zero-order chi connectivity index (χ0) is 16.1. The van der Waals surface area contributed by atoms with E-state index >= 15 is 0 Å². The molecule has 0 amide bonds. The van der Waals surface area contributed by atoms with Crippen molar-refractivity contribution < 1.29 is 0 Å². The molecule has 0 saturated carbocycles. The van der Waals surface area contributed by atoms with Crippen molar-refractivity contribution in [2.45, 2.75) is 39.0 Å². The maximum Gasteiger partial charge on any atom is 0.0156 e. The summed E-state index contributed by atoms with van der Waals surface area (Å²) in [5, 5.41) is 0. The lowest BCUT2D eigenvalue weighted by molar-refractivity contribution is 0.273. The smallest absolute Gasteiger partial charge is 0.0156 e. The van der Waals surface area contributed by atoms with Gasteiger partial charge in [0.05, 0.1) is 0 Å². The molecule has 0 radical (unpaired) electrons. The number of allylic oxidation sites excluding steroid dienone is 4. The monoisotopic (exact) mass is 300 g/mol. The van der Waals surface area contributed by atoms with Crippen molar-refractivity contribution in [1.82, 2.24) is 0 Å². The van der Waals surface area contributed by atoms with Crippen LogP contribution in [0.15, 0.2) is 66.8 Å². The predicted molar refractivity (Wildman–Crippen MR) is 98.7 cm³/mol. The van der Waals surface area contributed by atoms with E-state index in [1.54, 1.807) is 0 Å². The Bertz CT molecular complexity index is 806. The molecule has 0 heterocycles. The molecule has 0 unspecified atom stereocenters. The molecule has 2 aliphatic rings. The second-order valence-electron chi connectivity index (χ2n) is 7.40. The highest BCUT2D eigenvalue weighted by Crippen LogP contribution is 2.52. The van der Waals surface area contributed by atoms with E-state index in [1.165, 1.54) is 27.8 Å². The molecule has 23 heavy (non-hydrogen) atoms. The third-order valence-corrected chi connectivity index (χ3v) is 6.17. The van der Waals surface area contributed by atoms with Gasteiger partial charge in [0.2, 0.25) is 0 Å². The fourth-order valence-electron chi connectivity index (χ4n) is 4.60. The molecule has 0 nitrogen and oxygen atoms in total. The Kier molecular flexibility index (Phi) is 3.13. The van der Waals surface area contributed by atoms with Gasteiger partial charge in [0.1, 0.15) is 0 Å². The highest BCUT2D eigenvalue weighted by Gasteiger charge is 2.43. The Balaban J connectivity index is 1.89. The SMILES string of the molecule is CCC1(C(C)(C)c2cccc3c2Cc2ccccc2-3)C=CC=C1. The van der Waals surface area contributed by atoms with Gasteiger partial charge in [-0.1, -0.05) is 87.5 Å². The third-order valence-electron chi connectivity index (χ3n) is 6.17. The number of benzene rings is 2. The molecule has 0 bridgehead atoms. The van der Waals surface area contributed by atoms with Gasteiger partial charge in [0.15, 0.2) is 0 Å². The van der Waals surface area contributed by atoms with Crippen LogP contribution in [0.25, 0.3) is 11.1 Å². The molecule has 4 rings (SSSR count). The largest absolute Gasteiger partial charge is 0.0737 e. The Morgan fingerprint density at radius 2 is 1.61 bits per heavy atom. The summed E-state index contributed by atoms with van der Waals surface area (Å²) < 4.78 is 0. The highest BCUT2D eigenvalue weighted by molar-refractivity contribution is 5.78. The molecule has 2 aromatic carbocycles. The van der Waals surface area contributed by atoms with Crippen molar-refractivity contribution in [3.05, 3.63) is 83.5 Å². The number of hydrogen-bond donors (Lipinski definition) is 0. The molecule has 0 aliphatic heterocycles. The number of hydrogen-bond acceptors (Lipinski definition) is 0. The van der Waals surface area contributed by atoms with E-state index in [0.717, 1.165) is 12.8 Å². The van der Waals surface area contributed by atoms with Gasteiger partial charge in [0, 0.05) is 10.8 Å². The second-order valence-corrected chi connectivity index (χ2v) is 7.40. The van der Waals surface area contributed by atoms with Gasteiger partial charge in [-0.3, -0.25) is 0 Å². The Morgan fingerprint density at radius 1 is 0.913 bits per heavy atom. The topological polar surface area (TPSA) is 0 Å². The zero-order valence-electron chi connectivity index (χ0n) is 14.3. The normalized spacial score (nSPS) is 17.3. The molecule has 0 heteroatoms. The molecule has 0 spiro atoms. The van der Waals surface area contributed by atoms with Gasteiger partial charge < -0.3 is 0 Å². The lowest BCUT2D eigenvalue weighted by Gasteiger charge is -2.43. The summed E-state index contributed by atoms with van der Waals surface area (Å²) in [4.78, 5) is 0. The highest BCUT2D eigenvalue weighted by atomic mass is 14.5. The number of rotatable bonds is 3. The van der Waals surface area contributed by atoms with Crippen molar-refractivity contribution in [1.29, 1.82) is 0 Å². The number of fused-ring (bicyclic) bond motifs is 3. The molecular formula is C23H24. The Morgan fingerprint density at radius 3 is 2.35 bits per heavy atom. The van der Waals surface area contributed by atoms with Gasteiger partial charge in [-0.2, -0.15) is 0 Å². The summed E-state index contributed by atoms with van der Waals surface area (Å²) in [5.74, 6) is 0. The van der Waals surface area contributed by atoms with Crippen molar-refractivity contribution in [2.24, 2.45) is 5.41 Å². The molecule has 0 N–H and O–H groups in total. The van der Waals surface area contributed by atoms with E-state index in [1.807, 2.05) is 0 Å². The van der Waals surface area contributed by atoms with Crippen molar-refractivity contribution in [3.63, 3.8) is 0 Å². The maximum atomic E-state index is 2.41. The zero-order valence-corrected chi connectivity index (χ0v) is 14.3. The van der Waals surface area contributed by atoms with E-state index in [-0.39, 0.29) is 10.8 Å². The molecular weight excluding hydrogens is 276 g/mol. The van der Waals surface area contributed by atoms with Crippen LogP contribution in [0.4, 0.5) is 0 Å². The second kappa shape index (κ2) is 4.96. The van der Waals surface area contributed by atoms with Crippen LogP contribution >= 0.6 is 0 Å². The first-order valence-corrected chi connectivity index (χ1v) is 8.67. The minimum Gasteiger partial charge on any atom is -0.0737 e. The van der Waals surface area contributed by atoms with Crippen LogP contribution in [0.1, 0.15) is 43.9 Å². The first-order chi connectivity index (χ1) is 11.1.